The number of Topliss-reactive ketones (excluding diaryl/α,β-unsaturated/α-hetero) is 1. The molecular weight excluding hydrogens is 272 g/mol. The molecule has 116 valence electrons. The summed E-state index contributed by atoms with van der Waals surface area (Å²) >= 11 is 0. The zero-order chi connectivity index (χ0) is 15.7. The average Bonchev–Trinajstić information content (AvgIpc) is 2.81. The van der Waals surface area contributed by atoms with Crippen LogP contribution in [0.1, 0.15) is 44.1 Å². The number of nitriles is 1. The van der Waals surface area contributed by atoms with E-state index in [-0.39, 0.29) is 29.8 Å². The molecule has 0 unspecified atom stereocenters. The number of fused-ring (bicyclic) bond motifs is 2. The summed E-state index contributed by atoms with van der Waals surface area (Å²) in [6, 6.07) is 12.8. The maximum Gasteiger partial charge on any atom is 0.157 e. The van der Waals surface area contributed by atoms with E-state index in [4.69, 9.17) is 0 Å². The van der Waals surface area contributed by atoms with Gasteiger partial charge in [-0.3, -0.25) is 9.69 Å². The molecule has 0 radical (unpaired) electrons. The summed E-state index contributed by atoms with van der Waals surface area (Å²) in [6.45, 7) is 2.19. The van der Waals surface area contributed by atoms with E-state index in [1.807, 2.05) is 25.2 Å². The molecule has 0 N–H and O–H groups in total. The van der Waals surface area contributed by atoms with Gasteiger partial charge in [-0.1, -0.05) is 50.1 Å². The molecule has 3 heteroatoms. The van der Waals surface area contributed by atoms with E-state index >= 15 is 0 Å². The Hall–Kier alpha value is -1.66. The first-order chi connectivity index (χ1) is 10.7. The number of hydrogen-bond acceptors (Lipinski definition) is 3. The molecule has 1 aromatic rings. The molecule has 22 heavy (non-hydrogen) atoms. The van der Waals surface area contributed by atoms with Crippen molar-refractivity contribution < 1.29 is 4.79 Å². The minimum absolute atomic E-state index is 0.00508. The van der Waals surface area contributed by atoms with Crippen LogP contribution in [0.3, 0.4) is 0 Å². The summed E-state index contributed by atoms with van der Waals surface area (Å²) in [5.74, 6) is 0.555. The van der Waals surface area contributed by atoms with Crippen molar-refractivity contribution in [3.8, 4) is 6.07 Å². The van der Waals surface area contributed by atoms with Crippen molar-refractivity contribution >= 4 is 5.78 Å². The Kier molecular flexibility index (Phi) is 4.31. The number of unbranched alkanes of at least 4 members (excludes halogenated alkanes) is 1. The predicted molar refractivity (Wildman–Crippen MR) is 86.3 cm³/mol. The Bertz CT molecular complexity index is 577. The monoisotopic (exact) mass is 296 g/mol. The molecule has 0 amide bonds. The van der Waals surface area contributed by atoms with Gasteiger partial charge in [-0.15, -0.1) is 0 Å². The Morgan fingerprint density at radius 1 is 1.32 bits per heavy atom. The maximum absolute atomic E-state index is 13.1. The van der Waals surface area contributed by atoms with Gasteiger partial charge in [0, 0.05) is 12.0 Å². The lowest BCUT2D eigenvalue weighted by atomic mass is 9.72. The van der Waals surface area contributed by atoms with E-state index in [1.54, 1.807) is 0 Å². The van der Waals surface area contributed by atoms with E-state index in [1.165, 1.54) is 0 Å². The second-order valence-electron chi connectivity index (χ2n) is 6.74. The minimum atomic E-state index is -0.0715. The highest BCUT2D eigenvalue weighted by Crippen LogP contribution is 2.48. The lowest BCUT2D eigenvalue weighted by Crippen LogP contribution is -2.52. The molecule has 1 aromatic carbocycles. The summed E-state index contributed by atoms with van der Waals surface area (Å²) < 4.78 is 0. The van der Waals surface area contributed by atoms with Crippen LogP contribution >= 0.6 is 0 Å². The molecule has 2 bridgehead atoms. The Morgan fingerprint density at radius 2 is 2.05 bits per heavy atom. The highest BCUT2D eigenvalue weighted by Gasteiger charge is 2.55. The maximum atomic E-state index is 13.1. The molecule has 3 nitrogen and oxygen atoms in total. The number of carbonyl (C=O) groups excluding carboxylic acids is 1. The van der Waals surface area contributed by atoms with Crippen LogP contribution in [0.15, 0.2) is 30.3 Å². The normalized spacial score (nSPS) is 34.6. The fourth-order valence-electron chi connectivity index (χ4n) is 4.55. The fourth-order valence-corrected chi connectivity index (χ4v) is 4.55. The molecule has 0 aromatic heterocycles. The molecular formula is C19H24N2O. The van der Waals surface area contributed by atoms with Crippen LogP contribution in [0.2, 0.25) is 0 Å². The first-order valence-electron chi connectivity index (χ1n) is 8.39. The van der Waals surface area contributed by atoms with E-state index in [9.17, 15) is 10.1 Å². The number of nitrogens with zero attached hydrogens (tertiary/aromatic N) is 2. The molecule has 2 aliphatic heterocycles. The molecule has 0 aliphatic carbocycles. The first kappa shape index (κ1) is 15.2. The minimum Gasteiger partial charge on any atom is -0.297 e. The molecule has 2 saturated heterocycles. The second-order valence-corrected chi connectivity index (χ2v) is 6.74. The molecule has 3 rings (SSSR count). The van der Waals surface area contributed by atoms with Gasteiger partial charge in [-0.2, -0.15) is 5.26 Å². The molecule has 0 spiro atoms. The van der Waals surface area contributed by atoms with Crippen molar-refractivity contribution in [1.82, 2.24) is 4.90 Å². The lowest BCUT2D eigenvalue weighted by Gasteiger charge is -2.42. The smallest absolute Gasteiger partial charge is 0.157 e. The SMILES string of the molecule is CCCC[C@H]1[C@@H]2[C@@H](C#N)C[C@H](C(=O)[C@@H]1c1ccccc1)N2C. The van der Waals surface area contributed by atoms with Crippen LogP contribution in [-0.4, -0.2) is 29.8 Å². The zero-order valence-corrected chi connectivity index (χ0v) is 13.4. The van der Waals surface area contributed by atoms with E-state index < -0.39 is 0 Å². The van der Waals surface area contributed by atoms with E-state index in [0.717, 1.165) is 24.8 Å². The van der Waals surface area contributed by atoms with Gasteiger partial charge in [0.15, 0.2) is 5.78 Å². The van der Waals surface area contributed by atoms with Crippen LogP contribution in [0, 0.1) is 23.2 Å². The third kappa shape index (κ3) is 2.36. The van der Waals surface area contributed by atoms with Gasteiger partial charge in [0.25, 0.3) is 0 Å². The number of ketones is 1. The van der Waals surface area contributed by atoms with Crippen molar-refractivity contribution in [2.24, 2.45) is 11.8 Å². The van der Waals surface area contributed by atoms with Crippen LogP contribution in [0.5, 0.6) is 0 Å². The van der Waals surface area contributed by atoms with E-state index in [0.29, 0.717) is 12.2 Å². The molecule has 2 fully saturated rings. The van der Waals surface area contributed by atoms with Crippen molar-refractivity contribution in [1.29, 1.82) is 5.26 Å². The van der Waals surface area contributed by atoms with Crippen LogP contribution in [0.4, 0.5) is 0 Å². The third-order valence-electron chi connectivity index (χ3n) is 5.57. The van der Waals surface area contributed by atoms with Gasteiger partial charge in [-0.05, 0) is 31.4 Å². The Morgan fingerprint density at radius 3 is 2.68 bits per heavy atom. The Labute approximate surface area is 132 Å². The lowest BCUT2D eigenvalue weighted by molar-refractivity contribution is -0.130. The van der Waals surface area contributed by atoms with Crippen molar-refractivity contribution in [3.05, 3.63) is 35.9 Å². The first-order valence-corrected chi connectivity index (χ1v) is 8.39. The Balaban J connectivity index is 2.00. The van der Waals surface area contributed by atoms with Gasteiger partial charge in [0.05, 0.1) is 18.0 Å². The number of hydrogen-bond donors (Lipinski definition) is 0. The molecule has 2 aliphatic rings. The van der Waals surface area contributed by atoms with Gasteiger partial charge < -0.3 is 0 Å². The summed E-state index contributed by atoms with van der Waals surface area (Å²) in [5.41, 5.74) is 1.13. The predicted octanol–water partition coefficient (Wildman–Crippen LogP) is 3.37. The van der Waals surface area contributed by atoms with Crippen LogP contribution in [-0.2, 0) is 4.79 Å². The highest BCUT2D eigenvalue weighted by molar-refractivity contribution is 5.92. The molecule has 5 atom stereocenters. The van der Waals surface area contributed by atoms with Crippen molar-refractivity contribution in [3.63, 3.8) is 0 Å². The number of rotatable bonds is 4. The summed E-state index contributed by atoms with van der Waals surface area (Å²) in [5, 5.41) is 9.53. The largest absolute Gasteiger partial charge is 0.297 e. The highest BCUT2D eigenvalue weighted by atomic mass is 16.1. The fraction of sp³-hybridized carbons (Fsp3) is 0.579. The van der Waals surface area contributed by atoms with Crippen molar-refractivity contribution in [2.75, 3.05) is 7.05 Å². The number of carbonyl (C=O) groups is 1. The molecule has 2 heterocycles. The number of likely N-dealkylation sites (N-methyl/N-ethyl adjacent to an activating group) is 1. The standard InChI is InChI=1S/C19H24N2O/c1-3-4-10-15-17(13-8-6-5-7-9-13)19(22)16-11-14(12-20)18(15)21(16)2/h5-9,14-18H,3-4,10-11H2,1-2H3/t14-,15-,16-,17-,18+/m1/s1. The van der Waals surface area contributed by atoms with Gasteiger partial charge in [0.1, 0.15) is 0 Å². The summed E-state index contributed by atoms with van der Waals surface area (Å²) in [6.07, 6.45) is 3.99. The average molecular weight is 296 g/mol. The summed E-state index contributed by atoms with van der Waals surface area (Å²) in [7, 11) is 2.03. The van der Waals surface area contributed by atoms with Crippen LogP contribution in [0.25, 0.3) is 0 Å². The van der Waals surface area contributed by atoms with Crippen LogP contribution < -0.4 is 0 Å². The zero-order valence-electron chi connectivity index (χ0n) is 13.4. The number of piperidine rings is 1. The second kappa shape index (κ2) is 6.22. The topological polar surface area (TPSA) is 44.1 Å². The third-order valence-corrected chi connectivity index (χ3v) is 5.57. The van der Waals surface area contributed by atoms with Gasteiger partial charge >= 0.3 is 0 Å². The number of benzene rings is 1. The van der Waals surface area contributed by atoms with Crippen molar-refractivity contribution in [2.45, 2.75) is 50.6 Å². The molecule has 0 saturated carbocycles. The van der Waals surface area contributed by atoms with Gasteiger partial charge in [0.2, 0.25) is 0 Å². The quantitative estimate of drug-likeness (QED) is 0.855. The van der Waals surface area contributed by atoms with Gasteiger partial charge in [-0.25, -0.2) is 0 Å². The van der Waals surface area contributed by atoms with E-state index in [2.05, 4.69) is 30.0 Å². The summed E-state index contributed by atoms with van der Waals surface area (Å²) in [4.78, 5) is 15.3.